The molecular formula is C10H12N4O3. The summed E-state index contributed by atoms with van der Waals surface area (Å²) >= 11 is 0. The average Bonchev–Trinajstić information content (AvgIpc) is 2.88. The number of aryl methyl sites for hydroxylation is 1. The van der Waals surface area contributed by atoms with Crippen LogP contribution in [0.4, 0.5) is 0 Å². The lowest BCUT2D eigenvalue weighted by molar-refractivity contribution is 0.0694. The summed E-state index contributed by atoms with van der Waals surface area (Å²) in [6.45, 7) is 0.831. The topological polar surface area (TPSA) is 93.2 Å². The second kappa shape index (κ2) is 4.79. The summed E-state index contributed by atoms with van der Waals surface area (Å²) in [4.78, 5) is 10.8. The van der Waals surface area contributed by atoms with Gasteiger partial charge < -0.3 is 19.4 Å². The molecule has 2 N–H and O–H groups in total. The van der Waals surface area contributed by atoms with Crippen LogP contribution in [-0.2, 0) is 20.1 Å². The molecule has 17 heavy (non-hydrogen) atoms. The second-order valence-electron chi connectivity index (χ2n) is 3.52. The van der Waals surface area contributed by atoms with Crippen LogP contribution in [-0.4, -0.2) is 25.8 Å². The normalized spacial score (nSPS) is 10.6. The number of carbonyl (C=O) groups is 1. The van der Waals surface area contributed by atoms with E-state index in [1.165, 1.54) is 12.3 Å². The molecule has 0 saturated heterocycles. The molecule has 90 valence electrons. The molecule has 2 heterocycles. The van der Waals surface area contributed by atoms with Gasteiger partial charge in [0.05, 0.1) is 19.4 Å². The van der Waals surface area contributed by atoms with Crippen molar-refractivity contribution in [2.24, 2.45) is 7.05 Å². The maximum Gasteiger partial charge on any atom is 0.339 e. The van der Waals surface area contributed by atoms with Crippen molar-refractivity contribution >= 4 is 5.97 Å². The largest absolute Gasteiger partial charge is 0.478 e. The van der Waals surface area contributed by atoms with E-state index in [1.807, 2.05) is 7.05 Å². The lowest BCUT2D eigenvalue weighted by atomic mass is 10.2. The maximum atomic E-state index is 10.8. The van der Waals surface area contributed by atoms with Gasteiger partial charge in [-0.15, -0.1) is 10.2 Å². The van der Waals surface area contributed by atoms with Crippen LogP contribution in [0.1, 0.15) is 21.9 Å². The molecule has 0 atom stereocenters. The molecule has 0 fully saturated rings. The molecule has 0 aliphatic heterocycles. The molecule has 0 saturated carbocycles. The fourth-order valence-electron chi connectivity index (χ4n) is 1.42. The molecule has 7 heteroatoms. The Labute approximate surface area is 97.1 Å². The van der Waals surface area contributed by atoms with Crippen molar-refractivity contribution in [3.05, 3.63) is 35.8 Å². The quantitative estimate of drug-likeness (QED) is 0.780. The summed E-state index contributed by atoms with van der Waals surface area (Å²) in [5.41, 5.74) is 0.176. The molecule has 7 nitrogen and oxygen atoms in total. The van der Waals surface area contributed by atoms with Crippen molar-refractivity contribution in [3.8, 4) is 0 Å². The molecule has 0 aromatic carbocycles. The van der Waals surface area contributed by atoms with E-state index in [-0.39, 0.29) is 5.56 Å². The SMILES string of the molecule is Cn1cnnc1CNCc1occc1C(=O)O. The molecule has 2 rings (SSSR count). The van der Waals surface area contributed by atoms with Gasteiger partial charge >= 0.3 is 5.97 Å². The third-order valence-corrected chi connectivity index (χ3v) is 2.35. The molecular weight excluding hydrogens is 224 g/mol. The molecule has 0 bridgehead atoms. The minimum absolute atomic E-state index is 0.176. The van der Waals surface area contributed by atoms with Crippen LogP contribution in [0.3, 0.4) is 0 Å². The molecule has 0 radical (unpaired) electrons. The van der Waals surface area contributed by atoms with Crippen molar-refractivity contribution < 1.29 is 14.3 Å². The van der Waals surface area contributed by atoms with E-state index >= 15 is 0 Å². The van der Waals surface area contributed by atoms with Gasteiger partial charge in [0.2, 0.25) is 0 Å². The van der Waals surface area contributed by atoms with Crippen molar-refractivity contribution in [1.82, 2.24) is 20.1 Å². The zero-order valence-corrected chi connectivity index (χ0v) is 9.25. The van der Waals surface area contributed by atoms with Crippen molar-refractivity contribution in [3.63, 3.8) is 0 Å². The number of hydrogen-bond donors (Lipinski definition) is 2. The number of carboxylic acids is 1. The third-order valence-electron chi connectivity index (χ3n) is 2.35. The van der Waals surface area contributed by atoms with E-state index < -0.39 is 5.97 Å². The van der Waals surface area contributed by atoms with Gasteiger partial charge in [0, 0.05) is 7.05 Å². The van der Waals surface area contributed by atoms with Gasteiger partial charge in [0.1, 0.15) is 23.5 Å². The van der Waals surface area contributed by atoms with Gasteiger partial charge in [-0.1, -0.05) is 0 Å². The Balaban J connectivity index is 1.92. The van der Waals surface area contributed by atoms with Crippen molar-refractivity contribution in [1.29, 1.82) is 0 Å². The van der Waals surface area contributed by atoms with Crippen LogP contribution in [0, 0.1) is 0 Å². The number of carboxylic acid groups (broad SMARTS) is 1. The standard InChI is InChI=1S/C10H12N4O3/c1-14-6-12-13-9(14)5-11-4-8-7(10(15)16)2-3-17-8/h2-3,6,11H,4-5H2,1H3,(H,15,16). The van der Waals surface area contributed by atoms with Crippen LogP contribution >= 0.6 is 0 Å². The van der Waals surface area contributed by atoms with E-state index in [9.17, 15) is 4.79 Å². The Bertz CT molecular complexity index is 517. The number of hydrogen-bond acceptors (Lipinski definition) is 5. The number of furan rings is 1. The van der Waals surface area contributed by atoms with E-state index in [4.69, 9.17) is 9.52 Å². The highest BCUT2D eigenvalue weighted by molar-refractivity contribution is 5.88. The number of aromatic carboxylic acids is 1. The molecule has 2 aromatic heterocycles. The first kappa shape index (κ1) is 11.3. The van der Waals surface area contributed by atoms with E-state index in [2.05, 4.69) is 15.5 Å². The molecule has 0 aliphatic carbocycles. The lowest BCUT2D eigenvalue weighted by Gasteiger charge is -2.02. The summed E-state index contributed by atoms with van der Waals surface area (Å²) in [6.07, 6.45) is 2.97. The average molecular weight is 236 g/mol. The number of nitrogens with zero attached hydrogens (tertiary/aromatic N) is 3. The smallest absolute Gasteiger partial charge is 0.339 e. The monoisotopic (exact) mass is 236 g/mol. The fraction of sp³-hybridized carbons (Fsp3) is 0.300. The van der Waals surface area contributed by atoms with Crippen molar-refractivity contribution in [2.45, 2.75) is 13.1 Å². The third kappa shape index (κ3) is 2.51. The first-order chi connectivity index (χ1) is 8.18. The van der Waals surface area contributed by atoms with Crippen LogP contribution < -0.4 is 5.32 Å². The van der Waals surface area contributed by atoms with Crippen molar-refractivity contribution in [2.75, 3.05) is 0 Å². The molecule has 0 spiro atoms. The second-order valence-corrected chi connectivity index (χ2v) is 3.52. The van der Waals surface area contributed by atoms with Gasteiger partial charge in [-0.3, -0.25) is 0 Å². The highest BCUT2D eigenvalue weighted by atomic mass is 16.4. The Morgan fingerprint density at radius 3 is 3.06 bits per heavy atom. The summed E-state index contributed by atoms with van der Waals surface area (Å²) in [7, 11) is 1.84. The minimum Gasteiger partial charge on any atom is -0.478 e. The Morgan fingerprint density at radius 1 is 1.59 bits per heavy atom. The van der Waals surface area contributed by atoms with Gasteiger partial charge in [-0.2, -0.15) is 0 Å². The van der Waals surface area contributed by atoms with Crippen LogP contribution in [0.15, 0.2) is 23.1 Å². The fourth-order valence-corrected chi connectivity index (χ4v) is 1.42. The predicted molar refractivity (Wildman–Crippen MR) is 57.2 cm³/mol. The summed E-state index contributed by atoms with van der Waals surface area (Å²) in [5, 5.41) is 19.5. The minimum atomic E-state index is -0.991. The Kier molecular flexibility index (Phi) is 3.20. The summed E-state index contributed by atoms with van der Waals surface area (Å²) in [5.74, 6) is 0.183. The van der Waals surface area contributed by atoms with Crippen LogP contribution in [0.25, 0.3) is 0 Å². The lowest BCUT2D eigenvalue weighted by Crippen LogP contribution is -2.16. The molecule has 2 aromatic rings. The van der Waals surface area contributed by atoms with Crippen LogP contribution in [0.5, 0.6) is 0 Å². The van der Waals surface area contributed by atoms with Gasteiger partial charge in [0.15, 0.2) is 0 Å². The first-order valence-corrected chi connectivity index (χ1v) is 5.01. The Hall–Kier alpha value is -2.15. The zero-order valence-electron chi connectivity index (χ0n) is 9.25. The van der Waals surface area contributed by atoms with Gasteiger partial charge in [-0.25, -0.2) is 4.79 Å². The molecule has 0 aliphatic rings. The first-order valence-electron chi connectivity index (χ1n) is 5.01. The maximum absolute atomic E-state index is 10.8. The summed E-state index contributed by atoms with van der Waals surface area (Å²) in [6, 6.07) is 1.43. The van der Waals surface area contributed by atoms with E-state index in [1.54, 1.807) is 10.9 Å². The highest BCUT2D eigenvalue weighted by Gasteiger charge is 2.12. The Morgan fingerprint density at radius 2 is 2.41 bits per heavy atom. The van der Waals surface area contributed by atoms with E-state index in [0.717, 1.165) is 5.82 Å². The number of aromatic nitrogens is 3. The summed E-state index contributed by atoms with van der Waals surface area (Å²) < 4.78 is 6.87. The molecule has 0 unspecified atom stereocenters. The highest BCUT2D eigenvalue weighted by Crippen LogP contribution is 2.10. The molecule has 0 amide bonds. The number of rotatable bonds is 5. The predicted octanol–water partition coefficient (Wildman–Crippen LogP) is 0.396. The van der Waals surface area contributed by atoms with Crippen LogP contribution in [0.2, 0.25) is 0 Å². The van der Waals surface area contributed by atoms with Gasteiger partial charge in [0.25, 0.3) is 0 Å². The zero-order chi connectivity index (χ0) is 12.3. The number of nitrogens with one attached hydrogen (secondary N) is 1. The van der Waals surface area contributed by atoms with E-state index in [0.29, 0.717) is 18.8 Å². The van der Waals surface area contributed by atoms with Gasteiger partial charge in [-0.05, 0) is 6.07 Å².